The van der Waals surface area contributed by atoms with Gasteiger partial charge in [-0.05, 0) is 60.3 Å². The van der Waals surface area contributed by atoms with Crippen molar-refractivity contribution in [1.29, 1.82) is 5.41 Å². The molecule has 2 aromatic rings. The number of ether oxygens (including phenoxy) is 3. The second-order valence-corrected chi connectivity index (χ2v) is 6.94. The average molecular weight is 405 g/mol. The van der Waals surface area contributed by atoms with Gasteiger partial charge in [0.05, 0.1) is 12.0 Å². The predicted octanol–water partition coefficient (Wildman–Crippen LogP) is 3.95. The van der Waals surface area contributed by atoms with Crippen molar-refractivity contribution in [3.8, 4) is 17.2 Å². The number of carbonyl (C=O) groups excluding carboxylic acids is 1. The number of amides is 1. The van der Waals surface area contributed by atoms with Gasteiger partial charge < -0.3 is 19.5 Å². The van der Waals surface area contributed by atoms with Crippen molar-refractivity contribution in [3.05, 3.63) is 58.0 Å². The summed E-state index contributed by atoms with van der Waals surface area (Å²) in [5, 5.41) is 10.6. The van der Waals surface area contributed by atoms with E-state index >= 15 is 0 Å². The minimum atomic E-state index is -0.307. The molecule has 27 heavy (non-hydrogen) atoms. The first-order valence-electron chi connectivity index (χ1n) is 8.04. The molecule has 2 N–H and O–H groups in total. The molecule has 2 aromatic carbocycles. The monoisotopic (exact) mass is 404 g/mol. The summed E-state index contributed by atoms with van der Waals surface area (Å²) in [4.78, 5) is 12.2. The number of benzene rings is 2. The third-order valence-corrected chi connectivity index (χ3v) is 4.65. The van der Waals surface area contributed by atoms with Gasteiger partial charge in [-0.15, -0.1) is 0 Å². The van der Waals surface area contributed by atoms with Gasteiger partial charge in [-0.25, -0.2) is 0 Å². The SMILES string of the molecule is COc1ccc(OCCOc2ccc(Cl)cc2C=C2SC(=N)NC2=O)cc1. The number of nitrogens with one attached hydrogen (secondary N) is 2. The third-order valence-electron chi connectivity index (χ3n) is 3.59. The molecule has 0 bridgehead atoms. The van der Waals surface area contributed by atoms with Gasteiger partial charge in [0.15, 0.2) is 5.17 Å². The molecule has 1 saturated heterocycles. The van der Waals surface area contributed by atoms with Crippen molar-refractivity contribution < 1.29 is 19.0 Å². The summed E-state index contributed by atoms with van der Waals surface area (Å²) in [5.74, 6) is 1.76. The van der Waals surface area contributed by atoms with Gasteiger partial charge in [-0.2, -0.15) is 0 Å². The van der Waals surface area contributed by atoms with Gasteiger partial charge in [-0.1, -0.05) is 11.6 Å². The van der Waals surface area contributed by atoms with E-state index in [-0.39, 0.29) is 11.1 Å². The van der Waals surface area contributed by atoms with Gasteiger partial charge in [0.2, 0.25) is 0 Å². The van der Waals surface area contributed by atoms with Crippen molar-refractivity contribution in [1.82, 2.24) is 5.32 Å². The molecule has 140 valence electrons. The molecule has 1 fully saturated rings. The van der Waals surface area contributed by atoms with Crippen LogP contribution in [0.5, 0.6) is 17.2 Å². The smallest absolute Gasteiger partial charge is 0.264 e. The number of thioether (sulfide) groups is 1. The average Bonchev–Trinajstić information content (AvgIpc) is 2.97. The van der Waals surface area contributed by atoms with Crippen molar-refractivity contribution in [2.45, 2.75) is 0 Å². The van der Waals surface area contributed by atoms with Crippen LogP contribution in [0, 0.1) is 5.41 Å². The van der Waals surface area contributed by atoms with Gasteiger partial charge in [-0.3, -0.25) is 10.2 Å². The van der Waals surface area contributed by atoms with Crippen LogP contribution in [0.25, 0.3) is 6.08 Å². The fourth-order valence-corrected chi connectivity index (χ4v) is 3.20. The molecule has 0 saturated carbocycles. The van der Waals surface area contributed by atoms with E-state index in [0.29, 0.717) is 34.5 Å². The number of hydrogen-bond donors (Lipinski definition) is 2. The molecule has 1 heterocycles. The lowest BCUT2D eigenvalue weighted by Gasteiger charge is -2.11. The lowest BCUT2D eigenvalue weighted by Crippen LogP contribution is -2.18. The maximum absolute atomic E-state index is 11.8. The highest BCUT2D eigenvalue weighted by Crippen LogP contribution is 2.30. The molecule has 0 aliphatic carbocycles. The number of methoxy groups -OCH3 is 1. The molecule has 0 radical (unpaired) electrons. The van der Waals surface area contributed by atoms with Crippen molar-refractivity contribution in [3.63, 3.8) is 0 Å². The van der Waals surface area contributed by atoms with Crippen molar-refractivity contribution >= 4 is 40.5 Å². The minimum absolute atomic E-state index is 0.101. The zero-order valence-corrected chi connectivity index (χ0v) is 16.0. The Bertz CT molecular complexity index is 884. The number of hydrogen-bond acceptors (Lipinski definition) is 6. The summed E-state index contributed by atoms with van der Waals surface area (Å²) < 4.78 is 16.5. The number of halogens is 1. The van der Waals surface area contributed by atoms with Crippen LogP contribution in [0.4, 0.5) is 0 Å². The second kappa shape index (κ2) is 8.83. The molecule has 1 aliphatic heterocycles. The lowest BCUT2D eigenvalue weighted by atomic mass is 10.2. The van der Waals surface area contributed by atoms with Crippen LogP contribution in [-0.4, -0.2) is 31.4 Å². The molecule has 1 amide bonds. The first-order chi connectivity index (χ1) is 13.0. The molecule has 1 aliphatic rings. The van der Waals surface area contributed by atoms with Gasteiger partial charge >= 0.3 is 0 Å². The van der Waals surface area contributed by atoms with E-state index < -0.39 is 0 Å². The Balaban J connectivity index is 1.62. The summed E-state index contributed by atoms with van der Waals surface area (Å²) in [6, 6.07) is 12.5. The van der Waals surface area contributed by atoms with Crippen LogP contribution < -0.4 is 19.5 Å². The Labute approximate surface area is 166 Å². The first kappa shape index (κ1) is 19.1. The fourth-order valence-electron chi connectivity index (χ4n) is 2.33. The molecular weight excluding hydrogens is 388 g/mol. The van der Waals surface area contributed by atoms with E-state index in [2.05, 4.69) is 5.32 Å². The zero-order chi connectivity index (χ0) is 19.2. The van der Waals surface area contributed by atoms with Crippen LogP contribution >= 0.6 is 23.4 Å². The highest BCUT2D eigenvalue weighted by molar-refractivity contribution is 8.18. The van der Waals surface area contributed by atoms with Gasteiger partial charge in [0.25, 0.3) is 5.91 Å². The predicted molar refractivity (Wildman–Crippen MR) is 107 cm³/mol. The molecule has 0 atom stereocenters. The summed E-state index contributed by atoms with van der Waals surface area (Å²) in [5.41, 5.74) is 0.666. The second-order valence-electron chi connectivity index (χ2n) is 5.45. The van der Waals surface area contributed by atoms with Gasteiger partial charge in [0.1, 0.15) is 30.5 Å². The quantitative estimate of drug-likeness (QED) is 0.539. The summed E-state index contributed by atoms with van der Waals surface area (Å²) in [6.45, 7) is 0.670. The van der Waals surface area contributed by atoms with Crippen molar-refractivity contribution in [2.75, 3.05) is 20.3 Å². The maximum Gasteiger partial charge on any atom is 0.264 e. The van der Waals surface area contributed by atoms with E-state index in [1.807, 2.05) is 24.3 Å². The van der Waals surface area contributed by atoms with Crippen molar-refractivity contribution in [2.24, 2.45) is 0 Å². The topological polar surface area (TPSA) is 80.6 Å². The van der Waals surface area contributed by atoms with Crippen LogP contribution in [0.1, 0.15) is 5.56 Å². The molecular formula is C19H17ClN2O4S. The fraction of sp³-hybridized carbons (Fsp3) is 0.158. The Morgan fingerprint density at radius 3 is 2.48 bits per heavy atom. The number of amidine groups is 1. The number of carbonyl (C=O) groups is 1. The van der Waals surface area contributed by atoms with Crippen LogP contribution in [0.2, 0.25) is 5.02 Å². The largest absolute Gasteiger partial charge is 0.497 e. The standard InChI is InChI=1S/C19H17ClN2O4S/c1-24-14-3-5-15(6-4-14)25-8-9-26-16-7-2-13(20)10-12(16)11-17-18(23)22-19(21)27-17/h2-7,10-11H,8-9H2,1H3,(H2,21,22,23). The Hall–Kier alpha value is -2.64. The van der Waals surface area contributed by atoms with E-state index in [4.69, 9.17) is 31.2 Å². The molecule has 8 heteroatoms. The zero-order valence-electron chi connectivity index (χ0n) is 14.5. The summed E-state index contributed by atoms with van der Waals surface area (Å²) in [7, 11) is 1.61. The molecule has 0 aromatic heterocycles. The van der Waals surface area contributed by atoms with E-state index in [1.54, 1.807) is 31.4 Å². The van der Waals surface area contributed by atoms with Crippen LogP contribution in [-0.2, 0) is 4.79 Å². The van der Waals surface area contributed by atoms with Crippen LogP contribution in [0.3, 0.4) is 0 Å². The molecule has 0 spiro atoms. The molecule has 6 nitrogen and oxygen atoms in total. The minimum Gasteiger partial charge on any atom is -0.497 e. The summed E-state index contributed by atoms with van der Waals surface area (Å²) in [6.07, 6.45) is 1.66. The third kappa shape index (κ3) is 5.18. The highest BCUT2D eigenvalue weighted by Gasteiger charge is 2.22. The Kier molecular flexibility index (Phi) is 6.26. The first-order valence-corrected chi connectivity index (χ1v) is 9.23. The Morgan fingerprint density at radius 2 is 1.81 bits per heavy atom. The van der Waals surface area contributed by atoms with Crippen LogP contribution in [0.15, 0.2) is 47.4 Å². The molecule has 0 unspecified atom stereocenters. The van der Waals surface area contributed by atoms with Gasteiger partial charge in [0, 0.05) is 10.6 Å². The molecule has 3 rings (SSSR count). The Morgan fingerprint density at radius 1 is 1.11 bits per heavy atom. The maximum atomic E-state index is 11.8. The van der Waals surface area contributed by atoms with E-state index in [1.165, 1.54) is 0 Å². The summed E-state index contributed by atoms with van der Waals surface area (Å²) >= 11 is 7.13. The lowest BCUT2D eigenvalue weighted by molar-refractivity contribution is -0.115. The highest BCUT2D eigenvalue weighted by atomic mass is 35.5. The normalized spacial score (nSPS) is 15.0. The number of rotatable bonds is 7. The van der Waals surface area contributed by atoms with E-state index in [9.17, 15) is 4.79 Å². The van der Waals surface area contributed by atoms with E-state index in [0.717, 1.165) is 23.3 Å².